The van der Waals surface area contributed by atoms with Crippen LogP contribution in [0.15, 0.2) is 0 Å². The van der Waals surface area contributed by atoms with Crippen LogP contribution in [0.3, 0.4) is 0 Å². The average Bonchev–Trinajstić information content (AvgIpc) is 3.05. The van der Waals surface area contributed by atoms with Crippen molar-refractivity contribution in [2.75, 3.05) is 19.7 Å². The summed E-state index contributed by atoms with van der Waals surface area (Å²) < 4.78 is 5.70. The first-order chi connectivity index (χ1) is 11.0. The third-order valence-electron chi connectivity index (χ3n) is 5.91. The number of carbonyl (C=O) groups excluding carboxylic acids is 1. The second-order valence-corrected chi connectivity index (χ2v) is 7.10. The van der Waals surface area contributed by atoms with Crippen LogP contribution in [0.2, 0.25) is 0 Å². The zero-order valence-corrected chi connectivity index (χ0v) is 14.7. The van der Waals surface area contributed by atoms with Crippen molar-refractivity contribution in [2.24, 2.45) is 23.7 Å². The van der Waals surface area contributed by atoms with Crippen LogP contribution < -0.4 is 0 Å². The van der Waals surface area contributed by atoms with E-state index in [1.807, 2.05) is 11.8 Å². The number of hydrogen-bond donors (Lipinski definition) is 1. The van der Waals surface area contributed by atoms with Gasteiger partial charge >= 0.3 is 5.97 Å². The molecule has 2 aliphatic heterocycles. The Bertz CT molecular complexity index is 413. The van der Waals surface area contributed by atoms with E-state index in [2.05, 4.69) is 13.8 Å². The number of amides is 1. The normalized spacial score (nSPS) is 27.4. The molecule has 3 atom stereocenters. The van der Waals surface area contributed by atoms with Gasteiger partial charge in [0.15, 0.2) is 0 Å². The molecule has 1 N–H and O–H groups in total. The van der Waals surface area contributed by atoms with Crippen molar-refractivity contribution >= 4 is 11.9 Å². The van der Waals surface area contributed by atoms with E-state index in [4.69, 9.17) is 4.74 Å². The fourth-order valence-corrected chi connectivity index (χ4v) is 4.27. The molecule has 2 fully saturated rings. The second-order valence-electron chi connectivity index (χ2n) is 7.10. The van der Waals surface area contributed by atoms with Crippen molar-refractivity contribution in [1.82, 2.24) is 4.90 Å². The van der Waals surface area contributed by atoms with Gasteiger partial charge in [0.2, 0.25) is 5.91 Å². The Labute approximate surface area is 139 Å². The topological polar surface area (TPSA) is 66.8 Å². The molecule has 0 aromatic rings. The molecule has 2 heterocycles. The summed E-state index contributed by atoms with van der Waals surface area (Å²) in [7, 11) is 0. The van der Waals surface area contributed by atoms with E-state index in [0.29, 0.717) is 18.9 Å². The first-order valence-electron chi connectivity index (χ1n) is 9.12. The molecule has 0 bridgehead atoms. The van der Waals surface area contributed by atoms with Gasteiger partial charge in [-0.15, -0.1) is 0 Å². The highest BCUT2D eigenvalue weighted by atomic mass is 16.5. The predicted octanol–water partition coefficient (Wildman–Crippen LogP) is 2.79. The second kappa shape index (κ2) is 8.13. The number of piperidine rings is 1. The van der Waals surface area contributed by atoms with E-state index in [1.165, 1.54) is 0 Å². The minimum Gasteiger partial charge on any atom is -0.481 e. The number of carbonyl (C=O) groups is 2. The summed E-state index contributed by atoms with van der Waals surface area (Å²) in [6.07, 6.45) is 4.24. The van der Waals surface area contributed by atoms with E-state index in [-0.39, 0.29) is 29.8 Å². The van der Waals surface area contributed by atoms with Crippen LogP contribution in [0, 0.1) is 23.7 Å². The lowest BCUT2D eigenvalue weighted by atomic mass is 9.83. The number of aliphatic carboxylic acids is 1. The lowest BCUT2D eigenvalue weighted by molar-refractivity contribution is -0.146. The molecule has 0 saturated carbocycles. The number of rotatable bonds is 6. The summed E-state index contributed by atoms with van der Waals surface area (Å²) in [6, 6.07) is 0. The standard InChI is InChI=1S/C18H31NO4/c1-4-13(5-2)12(3)17(20)19-9-6-14(7-10-19)16-15(18(21)22)8-11-23-16/h12-16H,4-11H2,1-3H3,(H,21,22)/t12?,15?,16-/m0/s1. The number of carboxylic acid groups (broad SMARTS) is 1. The van der Waals surface area contributed by atoms with Crippen LogP contribution in [0.5, 0.6) is 0 Å². The van der Waals surface area contributed by atoms with Gasteiger partial charge in [-0.2, -0.15) is 0 Å². The maximum atomic E-state index is 12.7. The van der Waals surface area contributed by atoms with E-state index in [9.17, 15) is 14.7 Å². The fourth-order valence-electron chi connectivity index (χ4n) is 4.27. The molecule has 2 saturated heterocycles. The number of carboxylic acids is 1. The van der Waals surface area contributed by atoms with Gasteiger partial charge in [-0.3, -0.25) is 9.59 Å². The van der Waals surface area contributed by atoms with Crippen LogP contribution >= 0.6 is 0 Å². The number of hydrogen-bond acceptors (Lipinski definition) is 3. The van der Waals surface area contributed by atoms with E-state index in [1.54, 1.807) is 0 Å². The zero-order valence-electron chi connectivity index (χ0n) is 14.7. The lowest BCUT2D eigenvalue weighted by Gasteiger charge is -2.37. The maximum absolute atomic E-state index is 12.7. The van der Waals surface area contributed by atoms with Crippen molar-refractivity contribution in [3.05, 3.63) is 0 Å². The smallest absolute Gasteiger partial charge is 0.309 e. The zero-order chi connectivity index (χ0) is 17.0. The summed E-state index contributed by atoms with van der Waals surface area (Å²) in [5.41, 5.74) is 0. The molecule has 0 spiro atoms. The highest BCUT2D eigenvalue weighted by Crippen LogP contribution is 2.34. The summed E-state index contributed by atoms with van der Waals surface area (Å²) in [4.78, 5) is 25.9. The van der Waals surface area contributed by atoms with E-state index >= 15 is 0 Å². The monoisotopic (exact) mass is 325 g/mol. The molecule has 2 unspecified atom stereocenters. The predicted molar refractivity (Wildman–Crippen MR) is 88.0 cm³/mol. The van der Waals surface area contributed by atoms with Crippen molar-refractivity contribution in [2.45, 2.75) is 59.0 Å². The van der Waals surface area contributed by atoms with Gasteiger partial charge in [0.25, 0.3) is 0 Å². The minimum atomic E-state index is -0.742. The van der Waals surface area contributed by atoms with Crippen LogP contribution in [0.1, 0.15) is 52.9 Å². The molecule has 0 aromatic heterocycles. The van der Waals surface area contributed by atoms with Gasteiger partial charge in [-0.05, 0) is 31.1 Å². The van der Waals surface area contributed by atoms with Crippen LogP contribution in [-0.4, -0.2) is 47.7 Å². The number of ether oxygens (including phenoxy) is 1. The first kappa shape index (κ1) is 18.2. The highest BCUT2D eigenvalue weighted by Gasteiger charge is 2.41. The SMILES string of the molecule is CCC(CC)C(C)C(=O)N1CCC([C@@H]2OCCC2C(=O)O)CC1. The van der Waals surface area contributed by atoms with Gasteiger partial charge < -0.3 is 14.7 Å². The molecule has 2 rings (SSSR count). The van der Waals surface area contributed by atoms with Crippen molar-refractivity contribution in [3.8, 4) is 0 Å². The Morgan fingerprint density at radius 2 is 1.78 bits per heavy atom. The van der Waals surface area contributed by atoms with E-state index < -0.39 is 5.97 Å². The molecular weight excluding hydrogens is 294 g/mol. The third-order valence-corrected chi connectivity index (χ3v) is 5.91. The van der Waals surface area contributed by atoms with Gasteiger partial charge in [0.05, 0.1) is 12.0 Å². The quantitative estimate of drug-likeness (QED) is 0.815. The van der Waals surface area contributed by atoms with Crippen molar-refractivity contribution in [3.63, 3.8) is 0 Å². The van der Waals surface area contributed by atoms with Gasteiger partial charge in [-0.25, -0.2) is 0 Å². The summed E-state index contributed by atoms with van der Waals surface area (Å²) in [6.45, 7) is 8.36. The molecule has 0 radical (unpaired) electrons. The Kier molecular flexibility index (Phi) is 6.45. The largest absolute Gasteiger partial charge is 0.481 e. The van der Waals surface area contributed by atoms with Crippen LogP contribution in [0.25, 0.3) is 0 Å². The molecule has 0 aromatic carbocycles. The molecule has 5 heteroatoms. The summed E-state index contributed by atoms with van der Waals surface area (Å²) in [5, 5.41) is 9.30. The molecule has 132 valence electrons. The number of likely N-dealkylation sites (tertiary alicyclic amines) is 1. The minimum absolute atomic E-state index is 0.0797. The van der Waals surface area contributed by atoms with E-state index in [0.717, 1.165) is 38.8 Å². The molecule has 5 nitrogen and oxygen atoms in total. The van der Waals surface area contributed by atoms with Crippen molar-refractivity contribution < 1.29 is 19.4 Å². The van der Waals surface area contributed by atoms with Gasteiger partial charge in [0.1, 0.15) is 0 Å². The van der Waals surface area contributed by atoms with Gasteiger partial charge in [0, 0.05) is 25.6 Å². The third kappa shape index (κ3) is 4.06. The Morgan fingerprint density at radius 3 is 2.30 bits per heavy atom. The van der Waals surface area contributed by atoms with Crippen LogP contribution in [-0.2, 0) is 14.3 Å². The highest BCUT2D eigenvalue weighted by molar-refractivity contribution is 5.79. The molecule has 1 amide bonds. The van der Waals surface area contributed by atoms with Gasteiger partial charge in [-0.1, -0.05) is 33.6 Å². The first-order valence-corrected chi connectivity index (χ1v) is 9.12. The molecule has 2 aliphatic rings. The average molecular weight is 325 g/mol. The fraction of sp³-hybridized carbons (Fsp3) is 0.889. The summed E-state index contributed by atoms with van der Waals surface area (Å²) >= 11 is 0. The molecular formula is C18H31NO4. The maximum Gasteiger partial charge on any atom is 0.309 e. The lowest BCUT2D eigenvalue weighted by Crippen LogP contribution is -2.45. The molecule has 0 aliphatic carbocycles. The Hall–Kier alpha value is -1.10. The van der Waals surface area contributed by atoms with Crippen LogP contribution in [0.4, 0.5) is 0 Å². The Balaban J connectivity index is 1.88. The molecule has 23 heavy (non-hydrogen) atoms. The van der Waals surface area contributed by atoms with Crippen molar-refractivity contribution in [1.29, 1.82) is 0 Å². The summed E-state index contributed by atoms with van der Waals surface area (Å²) in [5.74, 6) is -0.0460. The number of nitrogens with zero attached hydrogens (tertiary/aromatic N) is 1. The Morgan fingerprint density at radius 1 is 1.17 bits per heavy atom.